The molecule has 0 bridgehead atoms. The van der Waals surface area contributed by atoms with Crippen LogP contribution in [0.3, 0.4) is 0 Å². The first-order valence-electron chi connectivity index (χ1n) is 6.31. The lowest BCUT2D eigenvalue weighted by atomic mass is 9.87. The number of carbonyl (C=O) groups is 1. The van der Waals surface area contributed by atoms with Crippen molar-refractivity contribution in [1.29, 1.82) is 0 Å². The molecule has 0 aliphatic carbocycles. The third-order valence-electron chi connectivity index (χ3n) is 2.68. The van der Waals surface area contributed by atoms with Gasteiger partial charge in [-0.1, -0.05) is 53.4 Å². The highest BCUT2D eigenvalue weighted by Crippen LogP contribution is 2.18. The molecule has 0 aromatic rings. The molecule has 0 amide bonds. The van der Waals surface area contributed by atoms with Crippen molar-refractivity contribution in [3.05, 3.63) is 0 Å². The molecule has 3 heteroatoms. The lowest BCUT2D eigenvalue weighted by Crippen LogP contribution is -2.43. The summed E-state index contributed by atoms with van der Waals surface area (Å²) in [6, 6.07) is -0.525. The zero-order chi connectivity index (χ0) is 12.6. The van der Waals surface area contributed by atoms with Gasteiger partial charge in [0.25, 0.3) is 0 Å². The number of hydrogen-bond donors (Lipinski definition) is 1. The van der Waals surface area contributed by atoms with Crippen LogP contribution in [-0.2, 0) is 9.53 Å². The summed E-state index contributed by atoms with van der Waals surface area (Å²) in [7, 11) is 0. The summed E-state index contributed by atoms with van der Waals surface area (Å²) in [6.07, 6.45) is 5.79. The minimum atomic E-state index is -0.525. The molecule has 0 aromatic carbocycles. The molecule has 0 fully saturated rings. The summed E-state index contributed by atoms with van der Waals surface area (Å²) in [4.78, 5) is 11.5. The molecule has 0 radical (unpaired) electrons. The van der Waals surface area contributed by atoms with Crippen molar-refractivity contribution in [3.8, 4) is 0 Å². The normalized spacial score (nSPS) is 13.6. The van der Waals surface area contributed by atoms with Crippen molar-refractivity contribution in [3.63, 3.8) is 0 Å². The third-order valence-corrected chi connectivity index (χ3v) is 2.68. The molecular formula is C13H27NO2. The monoisotopic (exact) mass is 229 g/mol. The van der Waals surface area contributed by atoms with Gasteiger partial charge in [-0.05, 0) is 11.8 Å². The van der Waals surface area contributed by atoms with Crippen LogP contribution in [0.5, 0.6) is 0 Å². The van der Waals surface area contributed by atoms with Crippen LogP contribution in [-0.4, -0.2) is 18.6 Å². The SMILES string of the molecule is CCCCCCCOC(=O)C(N)C(C)(C)C. The molecule has 96 valence electrons. The topological polar surface area (TPSA) is 52.3 Å². The Morgan fingerprint density at radius 2 is 1.75 bits per heavy atom. The van der Waals surface area contributed by atoms with Crippen LogP contribution in [0.15, 0.2) is 0 Å². The van der Waals surface area contributed by atoms with Crippen molar-refractivity contribution >= 4 is 5.97 Å². The lowest BCUT2D eigenvalue weighted by Gasteiger charge is -2.24. The fourth-order valence-corrected chi connectivity index (χ4v) is 1.32. The zero-order valence-electron chi connectivity index (χ0n) is 11.2. The summed E-state index contributed by atoms with van der Waals surface area (Å²) in [5.74, 6) is -0.275. The van der Waals surface area contributed by atoms with Gasteiger partial charge in [-0.15, -0.1) is 0 Å². The Morgan fingerprint density at radius 3 is 2.25 bits per heavy atom. The minimum Gasteiger partial charge on any atom is -0.465 e. The van der Waals surface area contributed by atoms with Gasteiger partial charge in [0.15, 0.2) is 0 Å². The lowest BCUT2D eigenvalue weighted by molar-refractivity contribution is -0.147. The van der Waals surface area contributed by atoms with Crippen LogP contribution < -0.4 is 5.73 Å². The molecule has 0 saturated heterocycles. The third kappa shape index (κ3) is 6.83. The van der Waals surface area contributed by atoms with Crippen molar-refractivity contribution in [2.24, 2.45) is 11.1 Å². The van der Waals surface area contributed by atoms with E-state index in [4.69, 9.17) is 10.5 Å². The smallest absolute Gasteiger partial charge is 0.323 e. The van der Waals surface area contributed by atoms with Gasteiger partial charge in [0.05, 0.1) is 6.61 Å². The number of hydrogen-bond acceptors (Lipinski definition) is 3. The van der Waals surface area contributed by atoms with E-state index >= 15 is 0 Å². The fraction of sp³-hybridized carbons (Fsp3) is 0.923. The van der Waals surface area contributed by atoms with E-state index in [1.807, 2.05) is 20.8 Å². The Bertz CT molecular complexity index is 197. The van der Waals surface area contributed by atoms with Crippen LogP contribution in [0.1, 0.15) is 59.8 Å². The van der Waals surface area contributed by atoms with Gasteiger partial charge in [-0.3, -0.25) is 4.79 Å². The van der Waals surface area contributed by atoms with Gasteiger partial charge in [0.1, 0.15) is 6.04 Å². The van der Waals surface area contributed by atoms with Gasteiger partial charge in [-0.2, -0.15) is 0 Å². The van der Waals surface area contributed by atoms with Crippen molar-refractivity contribution in [2.75, 3.05) is 6.61 Å². The molecular weight excluding hydrogens is 202 g/mol. The first-order valence-corrected chi connectivity index (χ1v) is 6.31. The van der Waals surface area contributed by atoms with Crippen LogP contribution in [0.2, 0.25) is 0 Å². The summed E-state index contributed by atoms with van der Waals surface area (Å²) < 4.78 is 5.15. The maximum Gasteiger partial charge on any atom is 0.323 e. The van der Waals surface area contributed by atoms with E-state index in [1.165, 1.54) is 19.3 Å². The number of unbranched alkanes of at least 4 members (excludes halogenated alkanes) is 4. The van der Waals surface area contributed by atoms with E-state index in [2.05, 4.69) is 6.92 Å². The Morgan fingerprint density at radius 1 is 1.19 bits per heavy atom. The average Bonchev–Trinajstić information content (AvgIpc) is 2.20. The Hall–Kier alpha value is -0.570. The number of carbonyl (C=O) groups excluding carboxylic acids is 1. The highest BCUT2D eigenvalue weighted by molar-refractivity contribution is 5.76. The van der Waals surface area contributed by atoms with E-state index < -0.39 is 6.04 Å². The van der Waals surface area contributed by atoms with Gasteiger partial charge >= 0.3 is 5.97 Å². The first-order chi connectivity index (χ1) is 7.39. The van der Waals surface area contributed by atoms with E-state index in [-0.39, 0.29) is 11.4 Å². The van der Waals surface area contributed by atoms with E-state index in [9.17, 15) is 4.79 Å². The predicted octanol–water partition coefficient (Wildman–Crippen LogP) is 2.87. The summed E-state index contributed by atoms with van der Waals surface area (Å²) in [6.45, 7) is 8.52. The average molecular weight is 229 g/mol. The molecule has 0 heterocycles. The predicted molar refractivity (Wildman–Crippen MR) is 67.1 cm³/mol. The maximum absolute atomic E-state index is 11.5. The summed E-state index contributed by atoms with van der Waals surface area (Å²) in [5.41, 5.74) is 5.56. The van der Waals surface area contributed by atoms with E-state index in [0.29, 0.717) is 6.61 Å². The van der Waals surface area contributed by atoms with Crippen molar-refractivity contribution < 1.29 is 9.53 Å². The molecule has 0 aliphatic heterocycles. The molecule has 0 aromatic heterocycles. The van der Waals surface area contributed by atoms with Gasteiger partial charge in [0.2, 0.25) is 0 Å². The Balaban J connectivity index is 3.58. The summed E-state index contributed by atoms with van der Waals surface area (Å²) in [5, 5.41) is 0. The number of ether oxygens (including phenoxy) is 1. The largest absolute Gasteiger partial charge is 0.465 e. The number of esters is 1. The molecule has 0 rings (SSSR count). The van der Waals surface area contributed by atoms with Crippen LogP contribution in [0, 0.1) is 5.41 Å². The molecule has 0 spiro atoms. The van der Waals surface area contributed by atoms with Crippen LogP contribution in [0.25, 0.3) is 0 Å². The van der Waals surface area contributed by atoms with Crippen LogP contribution >= 0.6 is 0 Å². The molecule has 0 saturated carbocycles. The fourth-order valence-electron chi connectivity index (χ4n) is 1.32. The zero-order valence-corrected chi connectivity index (χ0v) is 11.2. The number of nitrogens with two attached hydrogens (primary N) is 1. The second kappa shape index (κ2) is 7.66. The Kier molecular flexibility index (Phi) is 7.39. The second-order valence-electron chi connectivity index (χ2n) is 5.43. The minimum absolute atomic E-state index is 0.223. The molecule has 0 aliphatic rings. The molecule has 1 unspecified atom stereocenters. The summed E-state index contributed by atoms with van der Waals surface area (Å²) >= 11 is 0. The van der Waals surface area contributed by atoms with E-state index in [0.717, 1.165) is 12.8 Å². The highest BCUT2D eigenvalue weighted by atomic mass is 16.5. The number of rotatable bonds is 7. The maximum atomic E-state index is 11.5. The van der Waals surface area contributed by atoms with Crippen molar-refractivity contribution in [2.45, 2.75) is 65.8 Å². The highest BCUT2D eigenvalue weighted by Gasteiger charge is 2.28. The second-order valence-corrected chi connectivity index (χ2v) is 5.43. The van der Waals surface area contributed by atoms with E-state index in [1.54, 1.807) is 0 Å². The van der Waals surface area contributed by atoms with Crippen LogP contribution in [0.4, 0.5) is 0 Å². The van der Waals surface area contributed by atoms with Gasteiger partial charge in [0, 0.05) is 0 Å². The van der Waals surface area contributed by atoms with Gasteiger partial charge in [-0.25, -0.2) is 0 Å². The molecule has 3 nitrogen and oxygen atoms in total. The van der Waals surface area contributed by atoms with Gasteiger partial charge < -0.3 is 10.5 Å². The molecule has 2 N–H and O–H groups in total. The molecule has 1 atom stereocenters. The standard InChI is InChI=1S/C13H27NO2/c1-5-6-7-8-9-10-16-12(15)11(14)13(2,3)4/h11H,5-10,14H2,1-4H3. The quantitative estimate of drug-likeness (QED) is 0.539. The molecule has 16 heavy (non-hydrogen) atoms. The van der Waals surface area contributed by atoms with Crippen molar-refractivity contribution in [1.82, 2.24) is 0 Å². The first kappa shape index (κ1) is 15.4. The Labute approximate surface area is 99.7 Å².